The van der Waals surface area contributed by atoms with E-state index in [1.54, 1.807) is 25.4 Å². The topological polar surface area (TPSA) is 92.7 Å². The molecule has 1 atom stereocenters. The van der Waals surface area contributed by atoms with Gasteiger partial charge >= 0.3 is 12.2 Å². The molecule has 7 nitrogen and oxygen atoms in total. The number of hydrogen-bond donors (Lipinski definition) is 2. The van der Waals surface area contributed by atoms with Crippen LogP contribution in [0.15, 0.2) is 49.1 Å². The Morgan fingerprint density at radius 1 is 1.07 bits per heavy atom. The van der Waals surface area contributed by atoms with E-state index in [2.05, 4.69) is 30.6 Å². The third kappa shape index (κ3) is 4.96. The second kappa shape index (κ2) is 8.39. The number of nitrogens with zero attached hydrogens (tertiary/aromatic N) is 4. The van der Waals surface area contributed by atoms with Gasteiger partial charge in [-0.15, -0.1) is 0 Å². The van der Waals surface area contributed by atoms with Crippen LogP contribution in [0.5, 0.6) is 0 Å². The number of alkyl halides is 3. The van der Waals surface area contributed by atoms with Gasteiger partial charge in [-0.05, 0) is 31.2 Å². The van der Waals surface area contributed by atoms with E-state index in [0.717, 1.165) is 12.1 Å². The van der Waals surface area contributed by atoms with Gasteiger partial charge < -0.3 is 10.6 Å². The van der Waals surface area contributed by atoms with Crippen LogP contribution in [-0.2, 0) is 6.18 Å². The van der Waals surface area contributed by atoms with Crippen molar-refractivity contribution < 1.29 is 18.0 Å². The molecule has 0 aliphatic rings. The number of urea groups is 1. The highest BCUT2D eigenvalue weighted by Gasteiger charge is 2.33. The molecule has 0 aliphatic carbocycles. The smallest absolute Gasteiger partial charge is 0.330 e. The van der Waals surface area contributed by atoms with Crippen molar-refractivity contribution >= 4 is 23.3 Å². The Bertz CT molecular complexity index is 1020. The van der Waals surface area contributed by atoms with E-state index >= 15 is 0 Å². The Morgan fingerprint density at radius 3 is 2.45 bits per heavy atom. The van der Waals surface area contributed by atoms with Crippen molar-refractivity contribution in [1.29, 1.82) is 0 Å². The first-order valence-electron chi connectivity index (χ1n) is 8.28. The standard InChI is InChI=1S/C18H14ClF3N6O/c1-10(14-15(24-8-7-23-14)16-25-5-2-6-26-16)27-17(29)28-11-3-4-13(19)12(9-11)18(20,21)22/h2-10H,1H3,(H2,27,28,29). The summed E-state index contributed by atoms with van der Waals surface area (Å²) in [4.78, 5) is 28.9. The van der Waals surface area contributed by atoms with Gasteiger partial charge in [-0.1, -0.05) is 11.6 Å². The molecule has 0 aliphatic heterocycles. The van der Waals surface area contributed by atoms with Crippen LogP contribution in [-0.4, -0.2) is 26.0 Å². The molecule has 150 valence electrons. The maximum absolute atomic E-state index is 13.0. The minimum Gasteiger partial charge on any atom is -0.330 e. The third-order valence-corrected chi connectivity index (χ3v) is 4.12. The van der Waals surface area contributed by atoms with Gasteiger partial charge in [0, 0.05) is 30.5 Å². The van der Waals surface area contributed by atoms with E-state index in [4.69, 9.17) is 11.6 Å². The van der Waals surface area contributed by atoms with Crippen molar-refractivity contribution in [2.24, 2.45) is 0 Å². The predicted molar refractivity (Wildman–Crippen MR) is 100 cm³/mol. The highest BCUT2D eigenvalue weighted by Crippen LogP contribution is 2.36. The minimum atomic E-state index is -4.64. The van der Waals surface area contributed by atoms with Gasteiger partial charge in [0.2, 0.25) is 0 Å². The molecule has 0 spiro atoms. The fraction of sp³-hybridized carbons (Fsp3) is 0.167. The van der Waals surface area contributed by atoms with Crippen molar-refractivity contribution in [2.75, 3.05) is 5.32 Å². The Balaban J connectivity index is 1.76. The molecule has 2 heterocycles. The number of hydrogen-bond acceptors (Lipinski definition) is 5. The Morgan fingerprint density at radius 2 is 1.76 bits per heavy atom. The molecular formula is C18H14ClF3N6O. The molecule has 0 saturated carbocycles. The van der Waals surface area contributed by atoms with Gasteiger partial charge in [0.1, 0.15) is 5.69 Å². The Kier molecular flexibility index (Phi) is 5.92. The summed E-state index contributed by atoms with van der Waals surface area (Å²) in [6.07, 6.45) is 1.37. The van der Waals surface area contributed by atoms with Crippen molar-refractivity contribution in [3.8, 4) is 11.5 Å². The van der Waals surface area contributed by atoms with Crippen LogP contribution in [0.4, 0.5) is 23.7 Å². The maximum Gasteiger partial charge on any atom is 0.417 e. The van der Waals surface area contributed by atoms with Gasteiger partial charge in [-0.2, -0.15) is 13.2 Å². The molecule has 0 fully saturated rings. The van der Waals surface area contributed by atoms with Crippen LogP contribution in [0.1, 0.15) is 24.2 Å². The number of carbonyl (C=O) groups is 1. The second-order valence-electron chi connectivity index (χ2n) is 5.88. The number of benzene rings is 1. The zero-order valence-electron chi connectivity index (χ0n) is 14.9. The zero-order valence-corrected chi connectivity index (χ0v) is 15.7. The number of carbonyl (C=O) groups excluding carboxylic acids is 1. The molecule has 3 aromatic rings. The number of nitrogens with one attached hydrogen (secondary N) is 2. The Hall–Kier alpha value is -3.27. The first kappa shape index (κ1) is 20.5. The molecule has 0 bridgehead atoms. The number of rotatable bonds is 4. The molecule has 29 heavy (non-hydrogen) atoms. The predicted octanol–water partition coefficient (Wildman–Crippen LogP) is 4.49. The molecule has 1 unspecified atom stereocenters. The first-order chi connectivity index (χ1) is 13.8. The van der Waals surface area contributed by atoms with Gasteiger partial charge in [-0.3, -0.25) is 4.98 Å². The number of amides is 2. The highest BCUT2D eigenvalue weighted by atomic mass is 35.5. The fourth-order valence-corrected chi connectivity index (χ4v) is 2.74. The summed E-state index contributed by atoms with van der Waals surface area (Å²) in [5.41, 5.74) is -0.313. The van der Waals surface area contributed by atoms with Crippen LogP contribution < -0.4 is 10.6 Å². The summed E-state index contributed by atoms with van der Waals surface area (Å²) < 4.78 is 38.9. The molecule has 2 amide bonds. The number of halogens is 4. The van der Waals surface area contributed by atoms with Crippen LogP contribution in [0.3, 0.4) is 0 Å². The number of aromatic nitrogens is 4. The van der Waals surface area contributed by atoms with Crippen LogP contribution in [0, 0.1) is 0 Å². The average Bonchev–Trinajstić information content (AvgIpc) is 2.69. The van der Waals surface area contributed by atoms with Crippen molar-refractivity contribution in [1.82, 2.24) is 25.3 Å². The van der Waals surface area contributed by atoms with Gasteiger partial charge in [0.05, 0.1) is 22.3 Å². The zero-order chi connectivity index (χ0) is 21.0. The van der Waals surface area contributed by atoms with Gasteiger partial charge in [-0.25, -0.2) is 19.7 Å². The quantitative estimate of drug-likeness (QED) is 0.646. The van der Waals surface area contributed by atoms with E-state index in [1.165, 1.54) is 18.5 Å². The van der Waals surface area contributed by atoms with Gasteiger partial charge in [0.15, 0.2) is 5.82 Å². The summed E-state index contributed by atoms with van der Waals surface area (Å²) in [6.45, 7) is 1.65. The largest absolute Gasteiger partial charge is 0.417 e. The normalized spacial score (nSPS) is 12.3. The summed E-state index contributed by atoms with van der Waals surface area (Å²) >= 11 is 5.58. The minimum absolute atomic E-state index is 0.0582. The highest BCUT2D eigenvalue weighted by molar-refractivity contribution is 6.31. The SMILES string of the molecule is CC(NC(=O)Nc1ccc(Cl)c(C(F)(F)F)c1)c1nccnc1-c1ncccn1. The molecule has 2 N–H and O–H groups in total. The van der Waals surface area contributed by atoms with E-state index < -0.39 is 28.8 Å². The second-order valence-corrected chi connectivity index (χ2v) is 6.28. The lowest BCUT2D eigenvalue weighted by atomic mass is 10.1. The van der Waals surface area contributed by atoms with Gasteiger partial charge in [0.25, 0.3) is 0 Å². The molecule has 11 heteroatoms. The molecule has 0 saturated heterocycles. The van der Waals surface area contributed by atoms with Crippen molar-refractivity contribution in [3.05, 3.63) is 65.3 Å². The monoisotopic (exact) mass is 422 g/mol. The summed E-state index contributed by atoms with van der Waals surface area (Å²) in [5.74, 6) is 0.331. The molecule has 1 aromatic carbocycles. The van der Waals surface area contributed by atoms with Crippen molar-refractivity contribution in [2.45, 2.75) is 19.1 Å². The van der Waals surface area contributed by atoms with E-state index in [0.29, 0.717) is 17.2 Å². The molecule has 2 aromatic heterocycles. The fourth-order valence-electron chi connectivity index (χ4n) is 2.51. The summed E-state index contributed by atoms with van der Waals surface area (Å²) in [7, 11) is 0. The third-order valence-electron chi connectivity index (χ3n) is 3.79. The lowest BCUT2D eigenvalue weighted by Gasteiger charge is -2.17. The molecule has 0 radical (unpaired) electrons. The van der Waals surface area contributed by atoms with Crippen molar-refractivity contribution in [3.63, 3.8) is 0 Å². The lowest BCUT2D eigenvalue weighted by molar-refractivity contribution is -0.137. The average molecular weight is 423 g/mol. The Labute approximate surface area is 168 Å². The number of anilines is 1. The van der Waals surface area contributed by atoms with Crippen LogP contribution in [0.2, 0.25) is 5.02 Å². The van der Waals surface area contributed by atoms with E-state index in [1.807, 2.05) is 0 Å². The molecule has 3 rings (SSSR count). The van der Waals surface area contributed by atoms with E-state index in [9.17, 15) is 18.0 Å². The summed E-state index contributed by atoms with van der Waals surface area (Å²) in [6, 6.07) is 3.40. The van der Waals surface area contributed by atoms with E-state index in [-0.39, 0.29) is 5.69 Å². The summed E-state index contributed by atoms with van der Waals surface area (Å²) in [5, 5.41) is 4.50. The molecular weight excluding hydrogens is 409 g/mol. The maximum atomic E-state index is 13.0. The first-order valence-corrected chi connectivity index (χ1v) is 8.66. The van der Waals surface area contributed by atoms with Crippen LogP contribution in [0.25, 0.3) is 11.5 Å². The van der Waals surface area contributed by atoms with Crippen LogP contribution >= 0.6 is 11.6 Å². The lowest BCUT2D eigenvalue weighted by Crippen LogP contribution is -2.32.